The van der Waals surface area contributed by atoms with Gasteiger partial charge in [0.05, 0.1) is 23.0 Å². The van der Waals surface area contributed by atoms with E-state index in [0.717, 1.165) is 38.8 Å². The zero-order valence-electron chi connectivity index (χ0n) is 15.1. The summed E-state index contributed by atoms with van der Waals surface area (Å²) >= 11 is 0. The molecule has 4 rings (SSSR count). The lowest BCUT2D eigenvalue weighted by atomic mass is 9.78. The highest BCUT2D eigenvalue weighted by Crippen LogP contribution is 2.34. The Morgan fingerprint density at radius 3 is 2.00 bits per heavy atom. The van der Waals surface area contributed by atoms with E-state index in [0.29, 0.717) is 17.9 Å². The summed E-state index contributed by atoms with van der Waals surface area (Å²) < 4.78 is 0. The quantitative estimate of drug-likeness (QED) is 0.762. The number of nitrogens with zero attached hydrogens (tertiary/aromatic N) is 2. The average Bonchev–Trinajstić information content (AvgIpc) is 3.32. The number of carbonyl (C=O) groups excluding carboxylic acids is 4. The number of likely N-dealkylation sites (tertiary alicyclic amines) is 1. The highest BCUT2D eigenvalue weighted by Gasteiger charge is 2.44. The van der Waals surface area contributed by atoms with Crippen LogP contribution in [0.1, 0.15) is 59.2 Å². The van der Waals surface area contributed by atoms with Crippen molar-refractivity contribution in [2.24, 2.45) is 11.8 Å². The molecular weight excluding hydrogens is 348 g/mol. The topological polar surface area (TPSA) is 84.0 Å². The van der Waals surface area contributed by atoms with Gasteiger partial charge in [-0.25, -0.2) is 4.79 Å². The fourth-order valence-electron chi connectivity index (χ4n) is 4.29. The van der Waals surface area contributed by atoms with E-state index in [-0.39, 0.29) is 17.0 Å². The third kappa shape index (κ3) is 3.11. The van der Waals surface area contributed by atoms with Crippen LogP contribution in [0, 0.1) is 11.8 Å². The van der Waals surface area contributed by atoms with Gasteiger partial charge >= 0.3 is 5.97 Å². The molecule has 2 fully saturated rings. The maximum Gasteiger partial charge on any atom is 0.337 e. The van der Waals surface area contributed by atoms with Crippen LogP contribution in [0.5, 0.6) is 0 Å². The Morgan fingerprint density at radius 1 is 0.852 bits per heavy atom. The van der Waals surface area contributed by atoms with E-state index >= 15 is 0 Å². The third-order valence-corrected chi connectivity index (χ3v) is 5.74. The van der Waals surface area contributed by atoms with Crippen molar-refractivity contribution in [2.75, 3.05) is 13.1 Å². The van der Waals surface area contributed by atoms with Gasteiger partial charge in [-0.3, -0.25) is 14.4 Å². The third-order valence-electron chi connectivity index (χ3n) is 5.74. The number of amides is 3. The summed E-state index contributed by atoms with van der Waals surface area (Å²) in [6.07, 6.45) is 4.86. The molecule has 0 bridgehead atoms. The molecule has 2 atom stereocenters. The molecule has 142 valence electrons. The minimum Gasteiger partial charge on any atom is -0.342 e. The Hall–Kier alpha value is -2.70. The number of hydrogen-bond acceptors (Lipinski definition) is 5. The van der Waals surface area contributed by atoms with Crippen molar-refractivity contribution in [1.29, 1.82) is 0 Å². The maximum atomic E-state index is 12.8. The summed E-state index contributed by atoms with van der Waals surface area (Å²) in [6, 6.07) is 6.37. The number of imide groups is 1. The lowest BCUT2D eigenvalue weighted by Gasteiger charge is -2.32. The standard InChI is InChI=1S/C20H22N2O5/c23-17(21-11-5-6-12-21)15-9-3-4-10-16(15)20(26)27-22-18(24)13-7-1-2-8-14(13)19(22)25/h1-2,7-8,15-16H,3-6,9-12H2. The van der Waals surface area contributed by atoms with Gasteiger partial charge in [-0.2, -0.15) is 0 Å². The van der Waals surface area contributed by atoms with Gasteiger partial charge in [0, 0.05) is 13.1 Å². The number of hydroxylamine groups is 2. The van der Waals surface area contributed by atoms with Gasteiger partial charge < -0.3 is 9.74 Å². The molecule has 1 aromatic carbocycles. The second-order valence-corrected chi connectivity index (χ2v) is 7.39. The summed E-state index contributed by atoms with van der Waals surface area (Å²) in [4.78, 5) is 57.5. The molecule has 0 spiro atoms. The smallest absolute Gasteiger partial charge is 0.337 e. The van der Waals surface area contributed by atoms with Crippen LogP contribution in [0.15, 0.2) is 24.3 Å². The molecule has 0 N–H and O–H groups in total. The molecule has 3 amide bonds. The number of carbonyl (C=O) groups is 4. The van der Waals surface area contributed by atoms with Crippen molar-refractivity contribution in [3.8, 4) is 0 Å². The van der Waals surface area contributed by atoms with E-state index in [1.165, 1.54) is 12.1 Å². The van der Waals surface area contributed by atoms with Crippen LogP contribution in [0.3, 0.4) is 0 Å². The summed E-state index contributed by atoms with van der Waals surface area (Å²) in [6.45, 7) is 1.46. The molecule has 27 heavy (non-hydrogen) atoms. The van der Waals surface area contributed by atoms with Crippen molar-refractivity contribution in [2.45, 2.75) is 38.5 Å². The van der Waals surface area contributed by atoms with Crippen LogP contribution in [-0.4, -0.2) is 46.7 Å². The molecule has 2 unspecified atom stereocenters. The van der Waals surface area contributed by atoms with E-state index < -0.39 is 29.6 Å². The van der Waals surface area contributed by atoms with Gasteiger partial charge in [-0.1, -0.05) is 30.0 Å². The zero-order valence-corrected chi connectivity index (χ0v) is 15.1. The second kappa shape index (κ2) is 7.13. The largest absolute Gasteiger partial charge is 0.342 e. The fourth-order valence-corrected chi connectivity index (χ4v) is 4.29. The first kappa shape index (κ1) is 17.7. The van der Waals surface area contributed by atoms with E-state index in [9.17, 15) is 19.2 Å². The Balaban J connectivity index is 1.49. The predicted octanol–water partition coefficient (Wildman–Crippen LogP) is 2.17. The molecule has 2 heterocycles. The minimum absolute atomic E-state index is 0.00323. The summed E-state index contributed by atoms with van der Waals surface area (Å²) in [7, 11) is 0. The Labute approximate surface area is 157 Å². The van der Waals surface area contributed by atoms with Crippen LogP contribution >= 0.6 is 0 Å². The number of rotatable bonds is 3. The SMILES string of the molecule is O=C(ON1C(=O)c2ccccc2C1=O)C1CCCCC1C(=O)N1CCCC1. The Kier molecular flexibility index (Phi) is 4.68. The highest BCUT2D eigenvalue weighted by atomic mass is 16.7. The van der Waals surface area contributed by atoms with Gasteiger partial charge in [0.1, 0.15) is 0 Å². The monoisotopic (exact) mass is 370 g/mol. The molecule has 3 aliphatic rings. The summed E-state index contributed by atoms with van der Waals surface area (Å²) in [5.74, 6) is -2.99. The van der Waals surface area contributed by atoms with E-state index in [2.05, 4.69) is 0 Å². The normalized spacial score (nSPS) is 24.9. The molecule has 1 saturated carbocycles. The first-order valence-corrected chi connectivity index (χ1v) is 9.56. The van der Waals surface area contributed by atoms with E-state index in [1.54, 1.807) is 12.1 Å². The van der Waals surface area contributed by atoms with Crippen molar-refractivity contribution in [3.63, 3.8) is 0 Å². The second-order valence-electron chi connectivity index (χ2n) is 7.39. The van der Waals surface area contributed by atoms with Crippen LogP contribution in [-0.2, 0) is 14.4 Å². The molecule has 7 nitrogen and oxygen atoms in total. The lowest BCUT2D eigenvalue weighted by molar-refractivity contribution is -0.178. The number of benzene rings is 1. The molecule has 1 aliphatic carbocycles. The molecule has 1 aromatic rings. The van der Waals surface area contributed by atoms with Gasteiger partial charge in [0.25, 0.3) is 11.8 Å². The number of hydrogen-bond donors (Lipinski definition) is 0. The van der Waals surface area contributed by atoms with Crippen molar-refractivity contribution >= 4 is 23.7 Å². The summed E-state index contributed by atoms with van der Waals surface area (Å²) in [5.41, 5.74) is 0.451. The minimum atomic E-state index is -0.665. The first-order valence-electron chi connectivity index (χ1n) is 9.56. The van der Waals surface area contributed by atoms with Crippen molar-refractivity contribution in [1.82, 2.24) is 9.96 Å². The van der Waals surface area contributed by atoms with E-state index in [1.807, 2.05) is 4.90 Å². The molecular formula is C20H22N2O5. The predicted molar refractivity (Wildman–Crippen MR) is 94.3 cm³/mol. The van der Waals surface area contributed by atoms with E-state index in [4.69, 9.17) is 4.84 Å². The van der Waals surface area contributed by atoms with Crippen LogP contribution < -0.4 is 0 Å². The fraction of sp³-hybridized carbons (Fsp3) is 0.500. The van der Waals surface area contributed by atoms with Gasteiger partial charge in [0.2, 0.25) is 5.91 Å². The van der Waals surface area contributed by atoms with Crippen LogP contribution in [0.25, 0.3) is 0 Å². The first-order chi connectivity index (χ1) is 13.1. The Morgan fingerprint density at radius 2 is 1.41 bits per heavy atom. The zero-order chi connectivity index (χ0) is 19.0. The molecule has 1 saturated heterocycles. The summed E-state index contributed by atoms with van der Waals surface area (Å²) in [5, 5.41) is 0.541. The maximum absolute atomic E-state index is 12.8. The lowest BCUT2D eigenvalue weighted by Crippen LogP contribution is -2.44. The molecule has 7 heteroatoms. The number of fused-ring (bicyclic) bond motifs is 1. The molecule has 2 aliphatic heterocycles. The van der Waals surface area contributed by atoms with Crippen molar-refractivity contribution < 1.29 is 24.0 Å². The highest BCUT2D eigenvalue weighted by molar-refractivity contribution is 6.20. The Bertz CT molecular complexity index is 764. The molecule has 0 aromatic heterocycles. The molecule has 0 radical (unpaired) electrons. The van der Waals surface area contributed by atoms with Crippen LogP contribution in [0.2, 0.25) is 0 Å². The average molecular weight is 370 g/mol. The van der Waals surface area contributed by atoms with Gasteiger partial charge in [-0.15, -0.1) is 0 Å². The van der Waals surface area contributed by atoms with Crippen LogP contribution in [0.4, 0.5) is 0 Å². The van der Waals surface area contributed by atoms with Gasteiger partial charge in [0.15, 0.2) is 0 Å². The van der Waals surface area contributed by atoms with Gasteiger partial charge in [-0.05, 0) is 37.8 Å². The van der Waals surface area contributed by atoms with Crippen molar-refractivity contribution in [3.05, 3.63) is 35.4 Å².